The van der Waals surface area contributed by atoms with E-state index in [9.17, 15) is 4.79 Å². The number of para-hydroxylation sites is 2. The molecule has 0 bridgehead atoms. The number of nitrogens with one attached hydrogen (secondary N) is 1. The van der Waals surface area contributed by atoms with E-state index in [0.29, 0.717) is 24.5 Å². The van der Waals surface area contributed by atoms with Gasteiger partial charge in [0, 0.05) is 12.1 Å². The summed E-state index contributed by atoms with van der Waals surface area (Å²) in [4.78, 5) is 17.7. The molecule has 0 fully saturated rings. The van der Waals surface area contributed by atoms with Crippen LogP contribution in [0.3, 0.4) is 0 Å². The second-order valence-electron chi connectivity index (χ2n) is 8.79. The number of fused-ring (bicyclic) bond motifs is 1. The summed E-state index contributed by atoms with van der Waals surface area (Å²) in [5.41, 5.74) is 4.71. The third kappa shape index (κ3) is 5.77. The minimum Gasteiger partial charge on any atom is -0.493 e. The highest BCUT2D eigenvalue weighted by Gasteiger charge is 2.19. The van der Waals surface area contributed by atoms with Crippen molar-refractivity contribution in [1.29, 1.82) is 0 Å². The van der Waals surface area contributed by atoms with Crippen molar-refractivity contribution in [1.82, 2.24) is 14.9 Å². The van der Waals surface area contributed by atoms with Gasteiger partial charge in [0.25, 0.3) is 5.91 Å². The zero-order valence-corrected chi connectivity index (χ0v) is 21.3. The largest absolute Gasteiger partial charge is 0.493 e. The molecule has 4 rings (SSSR count). The summed E-state index contributed by atoms with van der Waals surface area (Å²) in [6, 6.07) is 21.3. The van der Waals surface area contributed by atoms with Crippen LogP contribution in [0.2, 0.25) is 0 Å². The lowest BCUT2D eigenvalue weighted by molar-refractivity contribution is 0.0937. The number of aromatic nitrogens is 2. The van der Waals surface area contributed by atoms with Gasteiger partial charge in [-0.05, 0) is 69.2 Å². The molecule has 6 nitrogen and oxygen atoms in total. The molecule has 0 aliphatic rings. The highest BCUT2D eigenvalue weighted by atomic mass is 16.5. The second kappa shape index (κ2) is 11.6. The minimum atomic E-state index is -0.259. The number of benzene rings is 3. The first kappa shape index (κ1) is 25.0. The van der Waals surface area contributed by atoms with Gasteiger partial charge >= 0.3 is 0 Å². The number of aryl methyl sites for hydroxylation is 2. The molecule has 3 aromatic carbocycles. The minimum absolute atomic E-state index is 0.110. The molecule has 1 heterocycles. The van der Waals surface area contributed by atoms with Gasteiger partial charge in [0.15, 0.2) is 11.5 Å². The van der Waals surface area contributed by atoms with Crippen LogP contribution in [0.1, 0.15) is 53.6 Å². The SMILES string of the molecule is C/C=C/c1ccc(OCCCn2c(C(C)NC(=O)c3cccc(C)c3)nc3ccccc32)c(OC)c1. The number of hydrogen-bond donors (Lipinski definition) is 1. The zero-order chi connectivity index (χ0) is 25.5. The summed E-state index contributed by atoms with van der Waals surface area (Å²) in [6.45, 7) is 7.17. The highest BCUT2D eigenvalue weighted by molar-refractivity contribution is 5.94. The van der Waals surface area contributed by atoms with Crippen LogP contribution in [0, 0.1) is 6.92 Å². The number of allylic oxidation sites excluding steroid dienone is 1. The maximum atomic E-state index is 12.9. The Balaban J connectivity index is 1.47. The van der Waals surface area contributed by atoms with Crippen LogP contribution >= 0.6 is 0 Å². The average molecular weight is 484 g/mol. The smallest absolute Gasteiger partial charge is 0.251 e. The average Bonchev–Trinajstić information content (AvgIpc) is 3.26. The van der Waals surface area contributed by atoms with E-state index in [1.165, 1.54) is 0 Å². The van der Waals surface area contributed by atoms with Crippen LogP contribution in [0.4, 0.5) is 0 Å². The van der Waals surface area contributed by atoms with E-state index < -0.39 is 0 Å². The van der Waals surface area contributed by atoms with Gasteiger partial charge < -0.3 is 19.4 Å². The van der Waals surface area contributed by atoms with Crippen molar-refractivity contribution in [2.45, 2.75) is 39.8 Å². The molecule has 0 aliphatic heterocycles. The summed E-state index contributed by atoms with van der Waals surface area (Å²) in [5.74, 6) is 2.15. The first-order chi connectivity index (χ1) is 17.5. The van der Waals surface area contributed by atoms with Crippen molar-refractivity contribution < 1.29 is 14.3 Å². The Hall–Kier alpha value is -4.06. The zero-order valence-electron chi connectivity index (χ0n) is 21.3. The predicted molar refractivity (Wildman–Crippen MR) is 145 cm³/mol. The maximum Gasteiger partial charge on any atom is 0.251 e. The number of carbonyl (C=O) groups is 1. The molecule has 1 N–H and O–H groups in total. The van der Waals surface area contributed by atoms with Gasteiger partial charge in [0.2, 0.25) is 0 Å². The number of carbonyl (C=O) groups excluding carboxylic acids is 1. The molecule has 1 amide bonds. The summed E-state index contributed by atoms with van der Waals surface area (Å²) < 4.78 is 13.7. The fraction of sp³-hybridized carbons (Fsp3) is 0.267. The van der Waals surface area contributed by atoms with Crippen LogP contribution in [-0.2, 0) is 6.54 Å². The van der Waals surface area contributed by atoms with Crippen LogP contribution in [0.25, 0.3) is 17.1 Å². The first-order valence-corrected chi connectivity index (χ1v) is 12.3. The lowest BCUT2D eigenvalue weighted by Crippen LogP contribution is -2.29. The van der Waals surface area contributed by atoms with Crippen molar-refractivity contribution in [2.75, 3.05) is 13.7 Å². The molecule has 1 unspecified atom stereocenters. The number of amides is 1. The van der Waals surface area contributed by atoms with Crippen LogP contribution in [-0.4, -0.2) is 29.2 Å². The standard InChI is InChI=1S/C30H33N3O3/c1-5-10-23-15-16-27(28(20-23)35-4)36-18-9-17-33-26-14-7-6-13-25(26)32-29(33)22(3)31-30(34)24-12-8-11-21(2)19-24/h5-8,10-16,19-20,22H,9,17-18H2,1-4H3,(H,31,34)/b10-5+. The number of rotatable bonds is 10. The number of imidazole rings is 1. The molecule has 1 atom stereocenters. The molecular formula is C30H33N3O3. The molecule has 4 aromatic rings. The number of ether oxygens (including phenoxy) is 2. The van der Waals surface area contributed by atoms with Gasteiger partial charge in [-0.1, -0.05) is 48.0 Å². The Morgan fingerprint density at radius 3 is 2.69 bits per heavy atom. The molecule has 0 saturated heterocycles. The van der Waals surface area contributed by atoms with Crippen molar-refractivity contribution in [2.24, 2.45) is 0 Å². The van der Waals surface area contributed by atoms with E-state index in [2.05, 4.69) is 16.0 Å². The van der Waals surface area contributed by atoms with Gasteiger partial charge in [0.05, 0.1) is 30.8 Å². The number of hydrogen-bond acceptors (Lipinski definition) is 4. The second-order valence-corrected chi connectivity index (χ2v) is 8.79. The monoisotopic (exact) mass is 483 g/mol. The Kier molecular flexibility index (Phi) is 8.06. The number of nitrogens with zero attached hydrogens (tertiary/aromatic N) is 2. The molecule has 186 valence electrons. The number of methoxy groups -OCH3 is 1. The van der Waals surface area contributed by atoms with Crippen LogP contribution in [0.15, 0.2) is 72.8 Å². The Morgan fingerprint density at radius 2 is 1.92 bits per heavy atom. The first-order valence-electron chi connectivity index (χ1n) is 12.3. The van der Waals surface area contributed by atoms with E-state index in [-0.39, 0.29) is 11.9 Å². The molecule has 0 spiro atoms. The van der Waals surface area contributed by atoms with Crippen molar-refractivity contribution in [3.05, 3.63) is 95.3 Å². The topological polar surface area (TPSA) is 65.4 Å². The van der Waals surface area contributed by atoms with Crippen LogP contribution < -0.4 is 14.8 Å². The Morgan fingerprint density at radius 1 is 1.08 bits per heavy atom. The van der Waals surface area contributed by atoms with E-state index in [0.717, 1.165) is 40.2 Å². The van der Waals surface area contributed by atoms with Gasteiger partial charge in [-0.15, -0.1) is 0 Å². The van der Waals surface area contributed by atoms with Crippen molar-refractivity contribution in [3.63, 3.8) is 0 Å². The molecular weight excluding hydrogens is 450 g/mol. The Bertz CT molecular complexity index is 1370. The lowest BCUT2D eigenvalue weighted by Gasteiger charge is -2.17. The van der Waals surface area contributed by atoms with E-state index in [1.807, 2.05) is 93.6 Å². The molecule has 36 heavy (non-hydrogen) atoms. The van der Waals surface area contributed by atoms with E-state index in [4.69, 9.17) is 14.5 Å². The Labute approximate surface area is 212 Å². The normalized spacial score (nSPS) is 12.1. The fourth-order valence-electron chi connectivity index (χ4n) is 4.29. The van der Waals surface area contributed by atoms with E-state index in [1.54, 1.807) is 7.11 Å². The predicted octanol–water partition coefficient (Wildman–Crippen LogP) is 6.35. The molecule has 0 radical (unpaired) electrons. The lowest BCUT2D eigenvalue weighted by atomic mass is 10.1. The summed E-state index contributed by atoms with van der Waals surface area (Å²) in [6.07, 6.45) is 4.79. The molecule has 1 aromatic heterocycles. The maximum absolute atomic E-state index is 12.9. The van der Waals surface area contributed by atoms with Gasteiger partial charge in [0.1, 0.15) is 5.82 Å². The third-order valence-corrected chi connectivity index (χ3v) is 6.03. The summed E-state index contributed by atoms with van der Waals surface area (Å²) in [7, 11) is 1.65. The van der Waals surface area contributed by atoms with Gasteiger partial charge in [-0.3, -0.25) is 4.79 Å². The van der Waals surface area contributed by atoms with Gasteiger partial charge in [-0.25, -0.2) is 4.98 Å². The molecule has 6 heteroatoms. The third-order valence-electron chi connectivity index (χ3n) is 6.03. The molecule has 0 saturated carbocycles. The van der Waals surface area contributed by atoms with Crippen molar-refractivity contribution >= 4 is 23.0 Å². The fourth-order valence-corrected chi connectivity index (χ4v) is 4.29. The van der Waals surface area contributed by atoms with Gasteiger partial charge in [-0.2, -0.15) is 0 Å². The van der Waals surface area contributed by atoms with Crippen LogP contribution in [0.5, 0.6) is 11.5 Å². The summed E-state index contributed by atoms with van der Waals surface area (Å²) in [5, 5.41) is 3.11. The van der Waals surface area contributed by atoms with E-state index >= 15 is 0 Å². The molecule has 0 aliphatic carbocycles. The summed E-state index contributed by atoms with van der Waals surface area (Å²) >= 11 is 0. The van der Waals surface area contributed by atoms with Crippen molar-refractivity contribution in [3.8, 4) is 11.5 Å². The highest BCUT2D eigenvalue weighted by Crippen LogP contribution is 2.29. The quantitative estimate of drug-likeness (QED) is 0.267.